The second kappa shape index (κ2) is 6.63. The van der Waals surface area contributed by atoms with Crippen LogP contribution in [0, 0.1) is 12.8 Å². The number of aryl methyl sites for hydroxylation is 1. The second-order valence-electron chi connectivity index (χ2n) is 7.19. The first-order valence-corrected chi connectivity index (χ1v) is 8.74. The maximum atomic E-state index is 4.81. The molecule has 120 valence electrons. The van der Waals surface area contributed by atoms with Gasteiger partial charge in [-0.05, 0) is 40.3 Å². The number of rotatable bonds is 5. The summed E-state index contributed by atoms with van der Waals surface area (Å²) >= 11 is 1.85. The zero-order valence-corrected chi connectivity index (χ0v) is 15.2. The summed E-state index contributed by atoms with van der Waals surface area (Å²) in [6, 6.07) is 0. The molecule has 2 rings (SSSR count). The minimum atomic E-state index is 0.216. The van der Waals surface area contributed by atoms with Crippen LogP contribution in [0.25, 0.3) is 0 Å². The smallest absolute Gasteiger partial charge is 0.185 e. The van der Waals surface area contributed by atoms with Crippen molar-refractivity contribution in [2.24, 2.45) is 5.92 Å². The van der Waals surface area contributed by atoms with Gasteiger partial charge in [0, 0.05) is 36.6 Å². The molecule has 0 spiro atoms. The number of likely N-dealkylation sites (N-methyl/N-ethyl adjacent to an activating group) is 1. The molecule has 0 bridgehead atoms. The van der Waals surface area contributed by atoms with Gasteiger partial charge in [0.05, 0.1) is 5.69 Å². The van der Waals surface area contributed by atoms with Crippen molar-refractivity contribution in [2.45, 2.75) is 46.7 Å². The molecule has 1 N–H and O–H groups in total. The van der Waals surface area contributed by atoms with Crippen molar-refractivity contribution in [3.8, 4) is 0 Å². The predicted octanol–water partition coefficient (Wildman–Crippen LogP) is 2.73. The minimum absolute atomic E-state index is 0.216. The van der Waals surface area contributed by atoms with E-state index in [0.717, 1.165) is 32.7 Å². The van der Waals surface area contributed by atoms with Crippen molar-refractivity contribution < 1.29 is 0 Å². The molecule has 0 atom stereocenters. The molecular weight excluding hydrogens is 280 g/mol. The third-order valence-corrected chi connectivity index (χ3v) is 5.52. The van der Waals surface area contributed by atoms with Crippen molar-refractivity contribution in [1.82, 2.24) is 15.2 Å². The van der Waals surface area contributed by atoms with E-state index in [-0.39, 0.29) is 5.54 Å². The van der Waals surface area contributed by atoms with E-state index in [1.807, 2.05) is 11.3 Å². The first-order valence-electron chi connectivity index (χ1n) is 7.93. The number of hydrogen-bond acceptors (Lipinski definition) is 5. The lowest BCUT2D eigenvalue weighted by Crippen LogP contribution is -2.57. The van der Waals surface area contributed by atoms with Gasteiger partial charge >= 0.3 is 0 Å². The quantitative estimate of drug-likeness (QED) is 0.906. The Kier molecular flexibility index (Phi) is 5.28. The Balaban J connectivity index is 2.01. The summed E-state index contributed by atoms with van der Waals surface area (Å²) in [5.74, 6) is 0.691. The molecular formula is C16H30N4S. The molecule has 1 aliphatic heterocycles. The average molecular weight is 311 g/mol. The molecule has 0 unspecified atom stereocenters. The van der Waals surface area contributed by atoms with E-state index in [2.05, 4.69) is 56.8 Å². The van der Waals surface area contributed by atoms with Crippen molar-refractivity contribution in [3.05, 3.63) is 10.6 Å². The van der Waals surface area contributed by atoms with Gasteiger partial charge in [0.1, 0.15) is 0 Å². The van der Waals surface area contributed by atoms with Gasteiger partial charge in [0.2, 0.25) is 0 Å². The SMILES string of the molecule is Cc1nc(N2CCN(C)C(C)(C)C2)sc1CNCC(C)C. The molecule has 1 aliphatic rings. The van der Waals surface area contributed by atoms with Gasteiger partial charge in [-0.25, -0.2) is 4.98 Å². The number of nitrogens with zero attached hydrogens (tertiary/aromatic N) is 3. The first-order chi connectivity index (χ1) is 9.79. The van der Waals surface area contributed by atoms with Crippen LogP contribution in [-0.4, -0.2) is 48.6 Å². The van der Waals surface area contributed by atoms with Crippen molar-refractivity contribution >= 4 is 16.5 Å². The molecule has 0 amide bonds. The van der Waals surface area contributed by atoms with Crippen LogP contribution in [0.3, 0.4) is 0 Å². The van der Waals surface area contributed by atoms with Crippen molar-refractivity contribution in [1.29, 1.82) is 0 Å². The molecule has 1 fully saturated rings. The highest BCUT2D eigenvalue weighted by molar-refractivity contribution is 7.15. The van der Waals surface area contributed by atoms with Gasteiger partial charge in [0.15, 0.2) is 5.13 Å². The van der Waals surface area contributed by atoms with Gasteiger partial charge in [0.25, 0.3) is 0 Å². The van der Waals surface area contributed by atoms with E-state index >= 15 is 0 Å². The van der Waals surface area contributed by atoms with E-state index in [9.17, 15) is 0 Å². The monoisotopic (exact) mass is 310 g/mol. The summed E-state index contributed by atoms with van der Waals surface area (Å²) in [6.07, 6.45) is 0. The number of thiazole rings is 1. The van der Waals surface area contributed by atoms with Gasteiger partial charge in [-0.2, -0.15) is 0 Å². The second-order valence-corrected chi connectivity index (χ2v) is 8.25. The Morgan fingerprint density at radius 1 is 1.33 bits per heavy atom. The van der Waals surface area contributed by atoms with E-state index in [1.54, 1.807) is 0 Å². The Morgan fingerprint density at radius 2 is 2.05 bits per heavy atom. The fourth-order valence-electron chi connectivity index (χ4n) is 2.59. The Hall–Kier alpha value is -0.650. The zero-order chi connectivity index (χ0) is 15.6. The van der Waals surface area contributed by atoms with Crippen LogP contribution in [0.15, 0.2) is 0 Å². The molecule has 2 heterocycles. The topological polar surface area (TPSA) is 31.4 Å². The highest BCUT2D eigenvalue weighted by atomic mass is 32.1. The number of piperazine rings is 1. The van der Waals surface area contributed by atoms with Crippen LogP contribution in [0.1, 0.15) is 38.3 Å². The molecule has 0 saturated carbocycles. The Labute approximate surface area is 133 Å². The largest absolute Gasteiger partial charge is 0.345 e. The normalized spacial score (nSPS) is 19.5. The summed E-state index contributed by atoms with van der Waals surface area (Å²) < 4.78 is 0. The fraction of sp³-hybridized carbons (Fsp3) is 0.812. The summed E-state index contributed by atoms with van der Waals surface area (Å²) in [5.41, 5.74) is 1.40. The summed E-state index contributed by atoms with van der Waals surface area (Å²) in [5, 5.41) is 4.72. The Bertz CT molecular complexity index is 467. The number of hydrogen-bond donors (Lipinski definition) is 1. The third kappa shape index (κ3) is 4.18. The zero-order valence-electron chi connectivity index (χ0n) is 14.4. The number of nitrogens with one attached hydrogen (secondary N) is 1. The standard InChI is InChI=1S/C16H30N4S/c1-12(2)9-17-10-14-13(3)18-15(21-14)20-8-7-19(6)16(4,5)11-20/h12,17H,7-11H2,1-6H3. The van der Waals surface area contributed by atoms with Crippen LogP contribution >= 0.6 is 11.3 Å². The molecule has 4 nitrogen and oxygen atoms in total. The number of aromatic nitrogens is 1. The maximum absolute atomic E-state index is 4.81. The fourth-order valence-corrected chi connectivity index (χ4v) is 3.65. The van der Waals surface area contributed by atoms with Gasteiger partial charge in [-0.3, -0.25) is 4.90 Å². The van der Waals surface area contributed by atoms with Crippen molar-refractivity contribution in [3.63, 3.8) is 0 Å². The Morgan fingerprint density at radius 3 is 2.67 bits per heavy atom. The van der Waals surface area contributed by atoms with Crippen LogP contribution < -0.4 is 10.2 Å². The highest BCUT2D eigenvalue weighted by Crippen LogP contribution is 2.30. The molecule has 0 radical (unpaired) electrons. The molecule has 1 aromatic heterocycles. The third-order valence-electron chi connectivity index (χ3n) is 4.31. The molecule has 0 aromatic carbocycles. The van der Waals surface area contributed by atoms with E-state index < -0.39 is 0 Å². The number of anilines is 1. The minimum Gasteiger partial charge on any atom is -0.345 e. The van der Waals surface area contributed by atoms with Gasteiger partial charge in [-0.15, -0.1) is 11.3 Å². The van der Waals surface area contributed by atoms with Crippen LogP contribution in [-0.2, 0) is 6.54 Å². The molecule has 0 aliphatic carbocycles. The average Bonchev–Trinajstić information content (AvgIpc) is 2.74. The van der Waals surface area contributed by atoms with Crippen LogP contribution in [0.5, 0.6) is 0 Å². The van der Waals surface area contributed by atoms with E-state index in [0.29, 0.717) is 5.92 Å². The van der Waals surface area contributed by atoms with Crippen LogP contribution in [0.2, 0.25) is 0 Å². The first kappa shape index (κ1) is 16.7. The van der Waals surface area contributed by atoms with E-state index in [4.69, 9.17) is 4.98 Å². The van der Waals surface area contributed by atoms with Crippen LogP contribution in [0.4, 0.5) is 5.13 Å². The lowest BCUT2D eigenvalue weighted by atomic mass is 10.0. The predicted molar refractivity (Wildman–Crippen MR) is 92.3 cm³/mol. The molecule has 21 heavy (non-hydrogen) atoms. The van der Waals surface area contributed by atoms with Gasteiger partial charge < -0.3 is 10.2 Å². The van der Waals surface area contributed by atoms with Crippen molar-refractivity contribution in [2.75, 3.05) is 38.1 Å². The lowest BCUT2D eigenvalue weighted by Gasteiger charge is -2.45. The van der Waals surface area contributed by atoms with E-state index in [1.165, 1.54) is 15.7 Å². The summed E-state index contributed by atoms with van der Waals surface area (Å²) in [4.78, 5) is 11.1. The summed E-state index contributed by atoms with van der Waals surface area (Å²) in [7, 11) is 2.21. The summed E-state index contributed by atoms with van der Waals surface area (Å²) in [6.45, 7) is 16.5. The highest BCUT2D eigenvalue weighted by Gasteiger charge is 2.32. The molecule has 5 heteroatoms. The maximum Gasteiger partial charge on any atom is 0.185 e. The molecule has 1 aromatic rings. The lowest BCUT2D eigenvalue weighted by molar-refractivity contribution is 0.139. The van der Waals surface area contributed by atoms with Gasteiger partial charge in [-0.1, -0.05) is 13.8 Å². The molecule has 1 saturated heterocycles.